The van der Waals surface area contributed by atoms with Crippen LogP contribution in [-0.2, 0) is 19.2 Å². The van der Waals surface area contributed by atoms with Crippen LogP contribution < -0.4 is 10.6 Å². The minimum atomic E-state index is -1.42. The summed E-state index contributed by atoms with van der Waals surface area (Å²) in [4.78, 5) is 43.0. The summed E-state index contributed by atoms with van der Waals surface area (Å²) in [5.41, 5.74) is 0. The van der Waals surface area contributed by atoms with Crippen molar-refractivity contribution in [3.05, 3.63) is 0 Å². The number of hydrogen-bond donors (Lipinski definition) is 6. The number of rotatable bonds is 11. The second-order valence-corrected chi connectivity index (χ2v) is 4.27. The van der Waals surface area contributed by atoms with E-state index in [4.69, 9.17) is 20.4 Å². The van der Waals surface area contributed by atoms with Gasteiger partial charge in [0.2, 0.25) is 0 Å². The van der Waals surface area contributed by atoms with Crippen molar-refractivity contribution in [3.8, 4) is 0 Å². The molecule has 0 amide bonds. The monoisotopic (exact) mass is 306 g/mol. The highest BCUT2D eigenvalue weighted by atomic mass is 16.4. The molecule has 120 valence electrons. The van der Waals surface area contributed by atoms with E-state index in [-0.39, 0.29) is 6.42 Å². The van der Waals surface area contributed by atoms with E-state index in [1.807, 2.05) is 0 Å². The molecule has 2 unspecified atom stereocenters. The van der Waals surface area contributed by atoms with E-state index in [2.05, 4.69) is 10.6 Å². The Hall–Kier alpha value is -2.20. The smallest absolute Gasteiger partial charge is 0.321 e. The minimum Gasteiger partial charge on any atom is -0.481 e. The molecule has 0 aromatic carbocycles. The summed E-state index contributed by atoms with van der Waals surface area (Å²) < 4.78 is 0. The Labute approximate surface area is 119 Å². The van der Waals surface area contributed by atoms with Gasteiger partial charge in [-0.3, -0.25) is 29.8 Å². The SMILES string of the molecule is CCC(NC(CC(=O)O)C(=O)O)NC(CC(=O)O)C(=O)O. The molecule has 0 heterocycles. The molecule has 0 aliphatic rings. The molecule has 21 heavy (non-hydrogen) atoms. The molecule has 0 radical (unpaired) electrons. The van der Waals surface area contributed by atoms with E-state index in [1.165, 1.54) is 0 Å². The van der Waals surface area contributed by atoms with Crippen LogP contribution in [-0.4, -0.2) is 62.6 Å². The Morgan fingerprint density at radius 3 is 1.33 bits per heavy atom. The second-order valence-electron chi connectivity index (χ2n) is 4.27. The molecule has 0 rings (SSSR count). The lowest BCUT2D eigenvalue weighted by molar-refractivity contribution is -0.147. The zero-order valence-electron chi connectivity index (χ0n) is 11.3. The third-order valence-corrected chi connectivity index (χ3v) is 2.57. The lowest BCUT2D eigenvalue weighted by Crippen LogP contribution is -2.55. The molecule has 0 aromatic heterocycles. The van der Waals surface area contributed by atoms with Crippen LogP contribution in [0.5, 0.6) is 0 Å². The fourth-order valence-corrected chi connectivity index (χ4v) is 1.55. The highest BCUT2D eigenvalue weighted by molar-refractivity contribution is 5.81. The third kappa shape index (κ3) is 7.84. The maximum atomic E-state index is 10.9. The van der Waals surface area contributed by atoms with Crippen molar-refractivity contribution in [2.24, 2.45) is 0 Å². The largest absolute Gasteiger partial charge is 0.481 e. The molecule has 10 nitrogen and oxygen atoms in total. The van der Waals surface area contributed by atoms with Crippen LogP contribution in [0.4, 0.5) is 0 Å². The molecule has 0 bridgehead atoms. The molecular weight excluding hydrogens is 288 g/mol. The topological polar surface area (TPSA) is 173 Å². The van der Waals surface area contributed by atoms with E-state index in [0.717, 1.165) is 0 Å². The number of hydrogen-bond acceptors (Lipinski definition) is 6. The highest BCUT2D eigenvalue weighted by Crippen LogP contribution is 2.01. The van der Waals surface area contributed by atoms with Crippen molar-refractivity contribution in [2.45, 2.75) is 44.4 Å². The molecular formula is C11H18N2O8. The van der Waals surface area contributed by atoms with E-state index in [1.54, 1.807) is 6.92 Å². The summed E-state index contributed by atoms with van der Waals surface area (Å²) in [5.74, 6) is -5.46. The minimum absolute atomic E-state index is 0.229. The number of carboxylic acid groups (broad SMARTS) is 4. The summed E-state index contributed by atoms with van der Waals surface area (Å²) >= 11 is 0. The lowest BCUT2D eigenvalue weighted by atomic mass is 10.1. The zero-order valence-corrected chi connectivity index (χ0v) is 11.3. The molecule has 0 fully saturated rings. The lowest BCUT2D eigenvalue weighted by Gasteiger charge is -2.25. The van der Waals surface area contributed by atoms with Gasteiger partial charge in [-0.15, -0.1) is 0 Å². The maximum Gasteiger partial charge on any atom is 0.321 e. The van der Waals surface area contributed by atoms with Gasteiger partial charge in [-0.2, -0.15) is 0 Å². The van der Waals surface area contributed by atoms with Gasteiger partial charge in [0.05, 0.1) is 19.0 Å². The number of nitrogens with one attached hydrogen (secondary N) is 2. The number of carboxylic acids is 4. The maximum absolute atomic E-state index is 10.9. The molecule has 0 saturated heterocycles. The van der Waals surface area contributed by atoms with Gasteiger partial charge in [-0.05, 0) is 6.42 Å². The Kier molecular flexibility index (Phi) is 7.94. The fourth-order valence-electron chi connectivity index (χ4n) is 1.55. The summed E-state index contributed by atoms with van der Waals surface area (Å²) in [7, 11) is 0. The predicted molar refractivity (Wildman–Crippen MR) is 67.7 cm³/mol. The van der Waals surface area contributed by atoms with Crippen LogP contribution in [0.2, 0.25) is 0 Å². The Balaban J connectivity index is 4.80. The van der Waals surface area contributed by atoms with Gasteiger partial charge in [-0.1, -0.05) is 6.92 Å². The van der Waals surface area contributed by atoms with Crippen LogP contribution in [0.3, 0.4) is 0 Å². The normalized spacial score (nSPS) is 14.9. The van der Waals surface area contributed by atoms with E-state index < -0.39 is 55.0 Å². The quantitative estimate of drug-likeness (QED) is 0.253. The van der Waals surface area contributed by atoms with Crippen LogP contribution in [0.15, 0.2) is 0 Å². The standard InChI is InChI=1S/C11H18N2O8/c1-2-7(12-5(10(18)19)3-8(14)15)13-6(11(20)21)4-9(16)17/h5-7,12-13H,2-4H2,1H3,(H,14,15)(H,16,17)(H,18,19)(H,20,21). The van der Waals surface area contributed by atoms with Crippen molar-refractivity contribution in [1.29, 1.82) is 0 Å². The Morgan fingerprint density at radius 1 is 0.810 bits per heavy atom. The van der Waals surface area contributed by atoms with E-state index in [0.29, 0.717) is 0 Å². The van der Waals surface area contributed by atoms with Crippen molar-refractivity contribution < 1.29 is 39.6 Å². The molecule has 0 aliphatic heterocycles. The van der Waals surface area contributed by atoms with Gasteiger partial charge in [0.1, 0.15) is 12.1 Å². The number of carbonyl (C=O) groups is 4. The van der Waals surface area contributed by atoms with Gasteiger partial charge in [0.25, 0.3) is 0 Å². The van der Waals surface area contributed by atoms with Crippen LogP contribution in [0, 0.1) is 0 Å². The van der Waals surface area contributed by atoms with Gasteiger partial charge in [0.15, 0.2) is 0 Å². The first-order valence-corrected chi connectivity index (χ1v) is 6.08. The molecule has 0 saturated carbocycles. The first-order valence-electron chi connectivity index (χ1n) is 6.08. The van der Waals surface area contributed by atoms with Crippen molar-refractivity contribution in [1.82, 2.24) is 10.6 Å². The van der Waals surface area contributed by atoms with Gasteiger partial charge in [0, 0.05) is 0 Å². The second kappa shape index (κ2) is 8.87. The van der Waals surface area contributed by atoms with Crippen LogP contribution >= 0.6 is 0 Å². The summed E-state index contributed by atoms with van der Waals surface area (Å²) in [6, 6.07) is -2.83. The van der Waals surface area contributed by atoms with Gasteiger partial charge >= 0.3 is 23.9 Å². The Morgan fingerprint density at radius 2 is 1.14 bits per heavy atom. The number of aliphatic carboxylic acids is 4. The summed E-state index contributed by atoms with van der Waals surface area (Å²) in [6.45, 7) is 1.60. The molecule has 0 aromatic rings. The Bertz CT molecular complexity index is 375. The summed E-state index contributed by atoms with van der Waals surface area (Å²) in [5, 5.41) is 39.9. The molecule has 2 atom stereocenters. The molecule has 0 aliphatic carbocycles. The first kappa shape index (κ1) is 18.8. The molecule has 6 N–H and O–H groups in total. The third-order valence-electron chi connectivity index (χ3n) is 2.57. The van der Waals surface area contributed by atoms with Crippen LogP contribution in [0.25, 0.3) is 0 Å². The van der Waals surface area contributed by atoms with Crippen LogP contribution in [0.1, 0.15) is 26.2 Å². The van der Waals surface area contributed by atoms with Gasteiger partial charge < -0.3 is 20.4 Å². The van der Waals surface area contributed by atoms with E-state index in [9.17, 15) is 19.2 Å². The first-order chi connectivity index (χ1) is 9.67. The van der Waals surface area contributed by atoms with Crippen molar-refractivity contribution in [3.63, 3.8) is 0 Å². The fraction of sp³-hybridized carbons (Fsp3) is 0.636. The zero-order chi connectivity index (χ0) is 16.6. The average Bonchev–Trinajstić information content (AvgIpc) is 2.34. The predicted octanol–water partition coefficient (Wildman–Crippen LogP) is -1.24. The van der Waals surface area contributed by atoms with Crippen molar-refractivity contribution >= 4 is 23.9 Å². The van der Waals surface area contributed by atoms with Crippen molar-refractivity contribution in [2.75, 3.05) is 0 Å². The van der Waals surface area contributed by atoms with E-state index >= 15 is 0 Å². The molecule has 0 spiro atoms. The highest BCUT2D eigenvalue weighted by Gasteiger charge is 2.27. The van der Waals surface area contributed by atoms with Gasteiger partial charge in [-0.25, -0.2) is 0 Å². The summed E-state index contributed by atoms with van der Waals surface area (Å²) in [6.07, 6.45) is -2.01. The average molecular weight is 306 g/mol. The molecule has 10 heteroatoms.